The lowest BCUT2D eigenvalue weighted by Crippen LogP contribution is -2.38. The highest BCUT2D eigenvalue weighted by molar-refractivity contribution is 7.85. The number of carboxylic acid groups (broad SMARTS) is 2. The summed E-state index contributed by atoms with van der Waals surface area (Å²) in [5.41, 5.74) is 6.38. The van der Waals surface area contributed by atoms with Crippen LogP contribution in [0.5, 0.6) is 0 Å². The van der Waals surface area contributed by atoms with E-state index in [0.29, 0.717) is 16.4 Å². The molecule has 2 aliphatic rings. The molecule has 0 aromatic heterocycles. The van der Waals surface area contributed by atoms with Crippen LogP contribution in [0, 0.1) is 0 Å². The SMILES string of the molecule is O=C([O-])C1=CC(=NNc2ccc(-c3ccc(NN=C4C(=O)N(c5ccc(S(=O)(=O)[O-])cc5)N=C4C(=O)[O-])cc3)cc2)C=CC1=O. The standard InChI is InChI=1S/C29H20N6O9S/c36-24-14-9-20(15-23(24)28(38)39)32-30-18-5-1-16(2-6-18)17-3-7-19(8-4-17)31-33-25-26(29(40)41)34-35(27(25)37)21-10-12-22(13-11-21)45(42,43)44/h1-15,30-31H,(H,38,39)(H,40,41)(H,42,43,44)/p-3. The molecule has 0 unspecified atom stereocenters. The molecule has 1 amide bonds. The van der Waals surface area contributed by atoms with Gasteiger partial charge in [0.15, 0.2) is 11.5 Å². The molecule has 1 aliphatic heterocycles. The van der Waals surface area contributed by atoms with Crippen LogP contribution < -0.4 is 26.1 Å². The molecule has 16 heteroatoms. The Kier molecular flexibility index (Phi) is 8.16. The second-order valence-corrected chi connectivity index (χ2v) is 10.6. The average Bonchev–Trinajstić information content (AvgIpc) is 3.35. The summed E-state index contributed by atoms with van der Waals surface area (Å²) in [5, 5.41) is 35.0. The molecule has 226 valence electrons. The quantitative estimate of drug-likeness (QED) is 0.136. The predicted molar refractivity (Wildman–Crippen MR) is 156 cm³/mol. The first kappa shape index (κ1) is 30.2. The third-order valence-electron chi connectivity index (χ3n) is 6.28. The third kappa shape index (κ3) is 6.71. The average molecular weight is 626 g/mol. The monoisotopic (exact) mass is 625 g/mol. The van der Waals surface area contributed by atoms with Gasteiger partial charge in [-0.3, -0.25) is 20.4 Å². The van der Waals surface area contributed by atoms with E-state index >= 15 is 0 Å². The van der Waals surface area contributed by atoms with Crippen molar-refractivity contribution in [1.29, 1.82) is 0 Å². The number of amides is 1. The summed E-state index contributed by atoms with van der Waals surface area (Å²) >= 11 is 0. The Morgan fingerprint density at radius 3 is 1.82 bits per heavy atom. The number of nitrogens with zero attached hydrogens (tertiary/aromatic N) is 4. The number of ketones is 1. The van der Waals surface area contributed by atoms with Gasteiger partial charge in [0.2, 0.25) is 0 Å². The minimum atomic E-state index is -4.73. The minimum absolute atomic E-state index is 0.00151. The van der Waals surface area contributed by atoms with Crippen molar-refractivity contribution in [3.05, 3.63) is 96.6 Å². The van der Waals surface area contributed by atoms with Crippen molar-refractivity contribution in [2.75, 3.05) is 15.9 Å². The van der Waals surface area contributed by atoms with Gasteiger partial charge < -0.3 is 24.4 Å². The van der Waals surface area contributed by atoms with Crippen LogP contribution >= 0.6 is 0 Å². The molecular weight excluding hydrogens is 608 g/mol. The molecule has 0 fully saturated rings. The lowest BCUT2D eigenvalue weighted by molar-refractivity contribution is -0.299. The summed E-state index contributed by atoms with van der Waals surface area (Å²) in [5.74, 6) is -4.97. The molecule has 1 heterocycles. The Balaban J connectivity index is 1.25. The number of rotatable bonds is 9. The van der Waals surface area contributed by atoms with Gasteiger partial charge in [0.25, 0.3) is 0 Å². The normalized spacial score (nSPS) is 16.5. The summed E-state index contributed by atoms with van der Waals surface area (Å²) < 4.78 is 33.5. The van der Waals surface area contributed by atoms with E-state index in [1.807, 2.05) is 0 Å². The highest BCUT2D eigenvalue weighted by atomic mass is 32.2. The molecule has 0 spiro atoms. The second-order valence-electron chi connectivity index (χ2n) is 9.22. The molecule has 1 aliphatic carbocycles. The molecule has 2 N–H and O–H groups in total. The van der Waals surface area contributed by atoms with Crippen LogP contribution in [0.1, 0.15) is 0 Å². The van der Waals surface area contributed by atoms with Gasteiger partial charge in [-0.15, -0.1) is 0 Å². The third-order valence-corrected chi connectivity index (χ3v) is 7.13. The molecule has 0 radical (unpaired) electrons. The number of nitrogens with one attached hydrogen (secondary N) is 2. The van der Waals surface area contributed by atoms with Crippen LogP contribution in [-0.2, 0) is 29.3 Å². The van der Waals surface area contributed by atoms with Gasteiger partial charge in [-0.2, -0.15) is 20.3 Å². The number of carbonyl (C=O) groups is 4. The molecule has 15 nitrogen and oxygen atoms in total. The first-order valence-corrected chi connectivity index (χ1v) is 14.1. The summed E-state index contributed by atoms with van der Waals surface area (Å²) in [4.78, 5) is 46.6. The van der Waals surface area contributed by atoms with E-state index in [9.17, 15) is 42.4 Å². The molecule has 45 heavy (non-hydrogen) atoms. The maximum Gasteiger partial charge on any atom is 0.301 e. The molecule has 5 rings (SSSR count). The molecule has 0 saturated heterocycles. The largest absolute Gasteiger partial charge is 0.744 e. The zero-order valence-electron chi connectivity index (χ0n) is 22.5. The van der Waals surface area contributed by atoms with E-state index in [1.165, 1.54) is 6.08 Å². The van der Waals surface area contributed by atoms with Crippen LogP contribution in [0.3, 0.4) is 0 Å². The Morgan fingerprint density at radius 1 is 0.756 bits per heavy atom. The van der Waals surface area contributed by atoms with Gasteiger partial charge in [-0.1, -0.05) is 24.3 Å². The lowest BCUT2D eigenvalue weighted by atomic mass is 10.0. The molecule has 0 bridgehead atoms. The number of hydrogen-bond donors (Lipinski definition) is 2. The Morgan fingerprint density at radius 2 is 1.31 bits per heavy atom. The van der Waals surface area contributed by atoms with E-state index in [-0.39, 0.29) is 11.4 Å². The van der Waals surface area contributed by atoms with E-state index in [2.05, 4.69) is 26.2 Å². The van der Waals surface area contributed by atoms with E-state index < -0.39 is 55.6 Å². The summed E-state index contributed by atoms with van der Waals surface area (Å²) in [6, 6.07) is 17.9. The Hall–Kier alpha value is -6.26. The molecule has 3 aromatic carbocycles. The van der Waals surface area contributed by atoms with Crippen LogP contribution in [0.15, 0.2) is 117 Å². The lowest BCUT2D eigenvalue weighted by Gasteiger charge is -2.13. The van der Waals surface area contributed by atoms with E-state index in [0.717, 1.165) is 47.5 Å². The summed E-state index contributed by atoms with van der Waals surface area (Å²) in [6.45, 7) is 0. The number of allylic oxidation sites excluding steroid dienone is 3. The van der Waals surface area contributed by atoms with Gasteiger partial charge >= 0.3 is 5.91 Å². The fourth-order valence-corrected chi connectivity index (χ4v) is 4.50. The minimum Gasteiger partial charge on any atom is -0.744 e. The number of anilines is 3. The van der Waals surface area contributed by atoms with E-state index in [4.69, 9.17) is 0 Å². The predicted octanol–water partition coefficient (Wildman–Crippen LogP) is -0.239. The Labute approximate surface area is 253 Å². The smallest absolute Gasteiger partial charge is 0.301 e. The number of hydrogen-bond acceptors (Lipinski definition) is 14. The number of benzene rings is 3. The maximum absolute atomic E-state index is 12.9. The summed E-state index contributed by atoms with van der Waals surface area (Å²) in [6.07, 6.45) is 3.56. The molecule has 0 saturated carbocycles. The van der Waals surface area contributed by atoms with Crippen LogP contribution in [0.4, 0.5) is 17.1 Å². The number of aliphatic carboxylic acids is 2. The van der Waals surface area contributed by atoms with Gasteiger partial charge in [-0.25, -0.2) is 8.42 Å². The van der Waals surface area contributed by atoms with Gasteiger partial charge in [0.1, 0.15) is 15.8 Å². The van der Waals surface area contributed by atoms with E-state index in [1.54, 1.807) is 48.5 Å². The van der Waals surface area contributed by atoms with Crippen LogP contribution in [0.2, 0.25) is 0 Å². The number of hydrazone groups is 3. The first-order valence-electron chi connectivity index (χ1n) is 12.6. The van der Waals surface area contributed by atoms with Crippen molar-refractivity contribution in [3.8, 4) is 11.1 Å². The first-order chi connectivity index (χ1) is 21.4. The van der Waals surface area contributed by atoms with Gasteiger partial charge in [0, 0.05) is 5.57 Å². The van der Waals surface area contributed by atoms with Crippen molar-refractivity contribution < 1.29 is 42.4 Å². The molecule has 0 atom stereocenters. The van der Waals surface area contributed by atoms with Crippen LogP contribution in [-0.4, -0.2) is 53.7 Å². The van der Waals surface area contributed by atoms with Crippen LogP contribution in [0.25, 0.3) is 11.1 Å². The van der Waals surface area contributed by atoms with Gasteiger partial charge in [-0.05, 0) is 77.9 Å². The molecule has 3 aromatic rings. The second kappa shape index (κ2) is 12.2. The Bertz CT molecular complexity index is 2000. The fourth-order valence-electron chi connectivity index (χ4n) is 4.03. The van der Waals surface area contributed by atoms with Crippen molar-refractivity contribution >= 4 is 67.9 Å². The molecular formula is C29H17N6O9S-3. The van der Waals surface area contributed by atoms with Gasteiger partial charge in [0.05, 0.1) is 39.6 Å². The van der Waals surface area contributed by atoms with Crippen molar-refractivity contribution in [3.63, 3.8) is 0 Å². The summed E-state index contributed by atoms with van der Waals surface area (Å²) in [7, 11) is -4.73. The topological polar surface area (TPSA) is 236 Å². The highest BCUT2D eigenvalue weighted by Gasteiger charge is 2.34. The highest BCUT2D eigenvalue weighted by Crippen LogP contribution is 2.25. The zero-order chi connectivity index (χ0) is 32.3. The number of carbonyl (C=O) groups excluding carboxylic acids is 4. The fraction of sp³-hybridized carbons (Fsp3) is 0. The number of carboxylic acids is 2. The van der Waals surface area contributed by atoms with Crippen molar-refractivity contribution in [2.45, 2.75) is 4.90 Å². The maximum atomic E-state index is 12.9. The zero-order valence-corrected chi connectivity index (χ0v) is 23.3. The van der Waals surface area contributed by atoms with Crippen molar-refractivity contribution in [1.82, 2.24) is 0 Å². The van der Waals surface area contributed by atoms with Crippen molar-refractivity contribution in [2.24, 2.45) is 15.3 Å².